The maximum atomic E-state index is 12.7. The summed E-state index contributed by atoms with van der Waals surface area (Å²) in [5, 5.41) is 7.18. The van der Waals surface area contributed by atoms with E-state index < -0.39 is 0 Å². The third-order valence-corrected chi connectivity index (χ3v) is 5.47. The van der Waals surface area contributed by atoms with Gasteiger partial charge >= 0.3 is 0 Å². The molecule has 3 aromatic rings. The van der Waals surface area contributed by atoms with Crippen LogP contribution in [0.25, 0.3) is 11.0 Å². The molecule has 6 nitrogen and oxygen atoms in total. The smallest absolute Gasteiger partial charge is 0.244 e. The Labute approximate surface area is 153 Å². The van der Waals surface area contributed by atoms with Crippen LogP contribution in [-0.4, -0.2) is 25.2 Å². The van der Waals surface area contributed by atoms with E-state index in [0.717, 1.165) is 41.1 Å². The van der Waals surface area contributed by atoms with E-state index in [1.54, 1.807) is 10.9 Å². The number of nitrogens with zero attached hydrogens (tertiary/aromatic N) is 4. The molecule has 0 bridgehead atoms. The predicted molar refractivity (Wildman–Crippen MR) is 102 cm³/mol. The predicted octanol–water partition coefficient (Wildman–Crippen LogP) is 3.76. The molecule has 1 aliphatic carbocycles. The van der Waals surface area contributed by atoms with Gasteiger partial charge in [0.15, 0.2) is 0 Å². The summed E-state index contributed by atoms with van der Waals surface area (Å²) in [7, 11) is 1.87. The van der Waals surface area contributed by atoms with Gasteiger partial charge in [-0.15, -0.1) is 0 Å². The molecule has 26 heavy (non-hydrogen) atoms. The summed E-state index contributed by atoms with van der Waals surface area (Å²) in [5.74, 6) is 1.47. The lowest BCUT2D eigenvalue weighted by Crippen LogP contribution is -2.22. The van der Waals surface area contributed by atoms with Crippen LogP contribution in [0, 0.1) is 6.92 Å². The zero-order valence-electron chi connectivity index (χ0n) is 15.4. The molecular formula is C20H25N5O. The second-order valence-corrected chi connectivity index (χ2v) is 7.20. The molecule has 0 radical (unpaired) electrons. The standard InChI is InChI=1S/C20H25N5O/c1-14-17(12-21-24(14)2)22-19(26)13-25-18-11-7-6-10-16(18)23-20(25)15-8-4-3-5-9-15/h6-7,10-12,15H,3-5,8-9,13H2,1-2H3,(H,22,26). The summed E-state index contributed by atoms with van der Waals surface area (Å²) in [6.07, 6.45) is 7.81. The van der Waals surface area contributed by atoms with Crippen molar-refractivity contribution in [3.05, 3.63) is 42.0 Å². The Morgan fingerprint density at radius 3 is 2.73 bits per heavy atom. The third kappa shape index (κ3) is 3.11. The monoisotopic (exact) mass is 351 g/mol. The van der Waals surface area contributed by atoms with Gasteiger partial charge in [0.05, 0.1) is 28.6 Å². The summed E-state index contributed by atoms with van der Waals surface area (Å²) in [6, 6.07) is 8.09. The van der Waals surface area contributed by atoms with Crippen LogP contribution in [0.4, 0.5) is 5.69 Å². The quantitative estimate of drug-likeness (QED) is 0.778. The normalized spacial score (nSPS) is 15.5. The van der Waals surface area contributed by atoms with Crippen molar-refractivity contribution in [1.29, 1.82) is 0 Å². The number of carbonyl (C=O) groups is 1. The van der Waals surface area contributed by atoms with Crippen LogP contribution in [0.3, 0.4) is 0 Å². The van der Waals surface area contributed by atoms with Crippen molar-refractivity contribution in [2.45, 2.75) is 51.5 Å². The van der Waals surface area contributed by atoms with Crippen molar-refractivity contribution in [3.8, 4) is 0 Å². The fourth-order valence-corrected chi connectivity index (χ4v) is 3.89. The summed E-state index contributed by atoms with van der Waals surface area (Å²) in [5.41, 5.74) is 3.71. The SMILES string of the molecule is Cc1c(NC(=O)Cn2c(C3CCCCC3)nc3ccccc32)cnn1C. The zero-order chi connectivity index (χ0) is 18.1. The van der Waals surface area contributed by atoms with Crippen molar-refractivity contribution in [2.75, 3.05) is 5.32 Å². The highest BCUT2D eigenvalue weighted by Gasteiger charge is 2.23. The number of carbonyl (C=O) groups excluding carboxylic acids is 1. The molecule has 0 atom stereocenters. The average molecular weight is 351 g/mol. The van der Waals surface area contributed by atoms with Crippen LogP contribution in [0.1, 0.15) is 49.5 Å². The van der Waals surface area contributed by atoms with Gasteiger partial charge in [0.2, 0.25) is 5.91 Å². The lowest BCUT2D eigenvalue weighted by molar-refractivity contribution is -0.116. The molecule has 6 heteroatoms. The minimum atomic E-state index is -0.0405. The highest BCUT2D eigenvalue weighted by Crippen LogP contribution is 2.34. The Kier molecular flexibility index (Phi) is 4.49. The van der Waals surface area contributed by atoms with Gasteiger partial charge in [-0.3, -0.25) is 9.48 Å². The second kappa shape index (κ2) is 6.94. The van der Waals surface area contributed by atoms with E-state index in [-0.39, 0.29) is 12.5 Å². The van der Waals surface area contributed by atoms with Crippen LogP contribution in [-0.2, 0) is 18.4 Å². The Hall–Kier alpha value is -2.63. The number of aryl methyl sites for hydroxylation is 1. The maximum absolute atomic E-state index is 12.7. The first-order chi connectivity index (χ1) is 12.6. The molecule has 1 N–H and O–H groups in total. The maximum Gasteiger partial charge on any atom is 0.244 e. The molecule has 1 amide bonds. The molecule has 0 saturated heterocycles. The first-order valence-corrected chi connectivity index (χ1v) is 9.37. The fraction of sp³-hybridized carbons (Fsp3) is 0.450. The van der Waals surface area contributed by atoms with Gasteiger partial charge in [0.1, 0.15) is 12.4 Å². The molecule has 4 rings (SSSR count). The number of aromatic nitrogens is 4. The Morgan fingerprint density at radius 1 is 1.23 bits per heavy atom. The van der Waals surface area contributed by atoms with E-state index >= 15 is 0 Å². The highest BCUT2D eigenvalue weighted by atomic mass is 16.2. The van der Waals surface area contributed by atoms with Crippen LogP contribution < -0.4 is 5.32 Å². The van der Waals surface area contributed by atoms with Crippen molar-refractivity contribution in [3.63, 3.8) is 0 Å². The molecule has 2 aromatic heterocycles. The van der Waals surface area contributed by atoms with Gasteiger partial charge in [0, 0.05) is 13.0 Å². The zero-order valence-corrected chi connectivity index (χ0v) is 15.4. The summed E-state index contributed by atoms with van der Waals surface area (Å²) in [4.78, 5) is 17.6. The number of benzene rings is 1. The number of hydrogen-bond acceptors (Lipinski definition) is 3. The van der Waals surface area contributed by atoms with Crippen LogP contribution >= 0.6 is 0 Å². The minimum absolute atomic E-state index is 0.0405. The van der Waals surface area contributed by atoms with E-state index in [2.05, 4.69) is 21.0 Å². The van der Waals surface area contributed by atoms with E-state index in [9.17, 15) is 4.79 Å². The lowest BCUT2D eigenvalue weighted by Gasteiger charge is -2.22. The van der Waals surface area contributed by atoms with Crippen LogP contribution in [0.5, 0.6) is 0 Å². The molecule has 0 aliphatic heterocycles. The number of rotatable bonds is 4. The molecule has 1 fully saturated rings. The van der Waals surface area contributed by atoms with Gasteiger partial charge < -0.3 is 9.88 Å². The van der Waals surface area contributed by atoms with Gasteiger partial charge in [-0.2, -0.15) is 5.10 Å². The van der Waals surface area contributed by atoms with Gasteiger partial charge in [-0.05, 0) is 31.9 Å². The number of para-hydroxylation sites is 2. The number of fused-ring (bicyclic) bond motifs is 1. The first kappa shape index (κ1) is 16.8. The highest BCUT2D eigenvalue weighted by molar-refractivity contribution is 5.92. The summed E-state index contributed by atoms with van der Waals surface area (Å²) < 4.78 is 3.86. The molecule has 2 heterocycles. The molecule has 1 aliphatic rings. The molecule has 0 unspecified atom stereocenters. The van der Waals surface area contributed by atoms with Gasteiger partial charge in [0.25, 0.3) is 0 Å². The average Bonchev–Trinajstić information content (AvgIpc) is 3.18. The number of nitrogens with one attached hydrogen (secondary N) is 1. The number of hydrogen-bond donors (Lipinski definition) is 1. The Morgan fingerprint density at radius 2 is 2.00 bits per heavy atom. The van der Waals surface area contributed by atoms with Crippen LogP contribution in [0.15, 0.2) is 30.5 Å². The van der Waals surface area contributed by atoms with E-state index in [4.69, 9.17) is 4.98 Å². The number of imidazole rings is 1. The lowest BCUT2D eigenvalue weighted by atomic mass is 9.88. The van der Waals surface area contributed by atoms with Crippen molar-refractivity contribution < 1.29 is 4.79 Å². The summed E-state index contributed by atoms with van der Waals surface area (Å²) in [6.45, 7) is 2.23. The Balaban J connectivity index is 1.63. The minimum Gasteiger partial charge on any atom is -0.322 e. The largest absolute Gasteiger partial charge is 0.322 e. The molecule has 136 valence electrons. The molecule has 0 spiro atoms. The van der Waals surface area contributed by atoms with Crippen molar-refractivity contribution >= 4 is 22.6 Å². The van der Waals surface area contributed by atoms with Crippen molar-refractivity contribution in [2.24, 2.45) is 7.05 Å². The van der Waals surface area contributed by atoms with E-state index in [0.29, 0.717) is 5.92 Å². The van der Waals surface area contributed by atoms with Gasteiger partial charge in [-0.25, -0.2) is 4.98 Å². The van der Waals surface area contributed by atoms with Crippen LogP contribution in [0.2, 0.25) is 0 Å². The summed E-state index contributed by atoms with van der Waals surface area (Å²) >= 11 is 0. The first-order valence-electron chi connectivity index (χ1n) is 9.37. The molecule has 1 aromatic carbocycles. The number of amides is 1. The van der Waals surface area contributed by atoms with E-state index in [1.807, 2.05) is 32.2 Å². The van der Waals surface area contributed by atoms with E-state index in [1.165, 1.54) is 19.3 Å². The second-order valence-electron chi connectivity index (χ2n) is 7.20. The fourth-order valence-electron chi connectivity index (χ4n) is 3.89. The third-order valence-electron chi connectivity index (χ3n) is 5.47. The topological polar surface area (TPSA) is 64.7 Å². The van der Waals surface area contributed by atoms with Crippen molar-refractivity contribution in [1.82, 2.24) is 19.3 Å². The number of anilines is 1. The van der Waals surface area contributed by atoms with Gasteiger partial charge in [-0.1, -0.05) is 31.4 Å². The molecular weight excluding hydrogens is 326 g/mol. The molecule has 1 saturated carbocycles. The Bertz CT molecular complexity index is 933.